The first-order chi connectivity index (χ1) is 8.26. The van der Waals surface area contributed by atoms with Crippen molar-refractivity contribution in [3.8, 4) is 10.6 Å². The van der Waals surface area contributed by atoms with Crippen LogP contribution in [0.25, 0.3) is 16.2 Å². The topological polar surface area (TPSA) is 43.3 Å². The van der Waals surface area contributed by atoms with Crippen molar-refractivity contribution in [3.63, 3.8) is 0 Å². The van der Waals surface area contributed by atoms with Crippen LogP contribution >= 0.6 is 11.3 Å². The van der Waals surface area contributed by atoms with Gasteiger partial charge in [0.1, 0.15) is 5.65 Å². The molecule has 0 aliphatic heterocycles. The number of nitrogens with two attached hydrogens (primary N) is 1. The number of aryl methyl sites for hydroxylation is 1. The van der Waals surface area contributed by atoms with Crippen molar-refractivity contribution in [2.45, 2.75) is 13.5 Å². The fraction of sp³-hybridized carbons (Fsp3) is 0.154. The Morgan fingerprint density at radius 3 is 2.94 bits per heavy atom. The normalized spacial score (nSPS) is 11.2. The van der Waals surface area contributed by atoms with Crippen LogP contribution in [0.2, 0.25) is 0 Å². The fourth-order valence-corrected chi connectivity index (χ4v) is 2.66. The van der Waals surface area contributed by atoms with Crippen LogP contribution in [0.15, 0.2) is 36.7 Å². The second kappa shape index (κ2) is 3.98. The monoisotopic (exact) mass is 243 g/mol. The van der Waals surface area contributed by atoms with Crippen LogP contribution in [0.1, 0.15) is 10.4 Å². The van der Waals surface area contributed by atoms with Crippen molar-refractivity contribution in [1.29, 1.82) is 0 Å². The molecule has 3 rings (SSSR count). The van der Waals surface area contributed by atoms with Crippen molar-refractivity contribution in [2.24, 2.45) is 5.73 Å². The molecule has 0 aromatic carbocycles. The first kappa shape index (κ1) is 10.5. The molecule has 3 aromatic rings. The largest absolute Gasteiger partial charge is 0.326 e. The lowest BCUT2D eigenvalue weighted by Gasteiger charge is -1.96. The molecule has 0 fully saturated rings. The third kappa shape index (κ3) is 1.85. The zero-order valence-electron chi connectivity index (χ0n) is 9.55. The molecule has 86 valence electrons. The lowest BCUT2D eigenvalue weighted by Crippen LogP contribution is -1.96. The van der Waals surface area contributed by atoms with Gasteiger partial charge in [-0.1, -0.05) is 0 Å². The minimum Gasteiger partial charge on any atom is -0.326 e. The maximum atomic E-state index is 5.63. The lowest BCUT2D eigenvalue weighted by molar-refractivity contribution is 1.05. The van der Waals surface area contributed by atoms with Crippen LogP contribution in [-0.4, -0.2) is 9.38 Å². The summed E-state index contributed by atoms with van der Waals surface area (Å²) in [5.41, 5.74) is 8.71. The molecule has 0 spiro atoms. The number of fused-ring (bicyclic) bond motifs is 1. The van der Waals surface area contributed by atoms with Crippen LogP contribution in [-0.2, 0) is 6.54 Å². The minimum absolute atomic E-state index is 0.552. The van der Waals surface area contributed by atoms with Gasteiger partial charge in [0.2, 0.25) is 0 Å². The molecule has 0 bridgehead atoms. The predicted molar refractivity (Wildman–Crippen MR) is 71.1 cm³/mol. The average Bonchev–Trinajstić information content (AvgIpc) is 2.93. The number of hydrogen-bond acceptors (Lipinski definition) is 3. The quantitative estimate of drug-likeness (QED) is 0.752. The molecule has 4 heteroatoms. The fourth-order valence-electron chi connectivity index (χ4n) is 1.84. The highest BCUT2D eigenvalue weighted by Crippen LogP contribution is 2.27. The van der Waals surface area contributed by atoms with E-state index < -0.39 is 0 Å². The van der Waals surface area contributed by atoms with Crippen molar-refractivity contribution in [1.82, 2.24) is 9.38 Å². The number of pyridine rings is 1. The molecule has 17 heavy (non-hydrogen) atoms. The van der Waals surface area contributed by atoms with E-state index in [4.69, 9.17) is 5.73 Å². The van der Waals surface area contributed by atoms with Gasteiger partial charge >= 0.3 is 0 Å². The second-order valence-corrected chi connectivity index (χ2v) is 5.33. The maximum Gasteiger partial charge on any atom is 0.137 e. The van der Waals surface area contributed by atoms with Crippen molar-refractivity contribution in [3.05, 3.63) is 47.1 Å². The Bertz CT molecular complexity index is 666. The molecule has 3 heterocycles. The third-order valence-corrected chi connectivity index (χ3v) is 3.78. The van der Waals surface area contributed by atoms with E-state index >= 15 is 0 Å². The first-order valence-corrected chi connectivity index (χ1v) is 6.32. The van der Waals surface area contributed by atoms with Gasteiger partial charge in [-0.3, -0.25) is 0 Å². The van der Waals surface area contributed by atoms with Crippen molar-refractivity contribution in [2.75, 3.05) is 0 Å². The molecular formula is C13H13N3S. The van der Waals surface area contributed by atoms with Gasteiger partial charge in [0, 0.05) is 23.8 Å². The van der Waals surface area contributed by atoms with Crippen LogP contribution in [0.5, 0.6) is 0 Å². The van der Waals surface area contributed by atoms with Gasteiger partial charge in [-0.15, -0.1) is 11.3 Å². The summed E-state index contributed by atoms with van der Waals surface area (Å²) in [6, 6.07) is 8.29. The van der Waals surface area contributed by atoms with Crippen LogP contribution in [0.4, 0.5) is 0 Å². The summed E-state index contributed by atoms with van der Waals surface area (Å²) in [5, 5.41) is 0. The molecule has 0 saturated carbocycles. The lowest BCUT2D eigenvalue weighted by atomic mass is 10.3. The molecule has 0 atom stereocenters. The SMILES string of the molecule is Cc1ccc(-c2cn3ccc(CN)cc3n2)s1. The van der Waals surface area contributed by atoms with E-state index in [9.17, 15) is 0 Å². The van der Waals surface area contributed by atoms with Gasteiger partial charge in [0.15, 0.2) is 0 Å². The second-order valence-electron chi connectivity index (χ2n) is 4.04. The highest BCUT2D eigenvalue weighted by Gasteiger charge is 2.06. The van der Waals surface area contributed by atoms with Gasteiger partial charge < -0.3 is 10.1 Å². The summed E-state index contributed by atoms with van der Waals surface area (Å²) in [6.07, 6.45) is 4.06. The van der Waals surface area contributed by atoms with Crippen molar-refractivity contribution < 1.29 is 0 Å². The molecule has 3 nitrogen and oxygen atoms in total. The average molecular weight is 243 g/mol. The Hall–Kier alpha value is -1.65. The highest BCUT2D eigenvalue weighted by molar-refractivity contribution is 7.15. The van der Waals surface area contributed by atoms with E-state index in [1.165, 1.54) is 9.75 Å². The van der Waals surface area contributed by atoms with Gasteiger partial charge in [-0.25, -0.2) is 4.98 Å². The summed E-state index contributed by atoms with van der Waals surface area (Å²) in [4.78, 5) is 7.14. The van der Waals surface area contributed by atoms with Gasteiger partial charge in [-0.2, -0.15) is 0 Å². The standard InChI is InChI=1S/C13H13N3S/c1-9-2-3-12(17-9)11-8-16-5-4-10(7-14)6-13(16)15-11/h2-6,8H,7,14H2,1H3. The van der Waals surface area contributed by atoms with E-state index in [0.717, 1.165) is 16.9 Å². The Morgan fingerprint density at radius 1 is 1.35 bits per heavy atom. The third-order valence-electron chi connectivity index (χ3n) is 2.75. The van der Waals surface area contributed by atoms with Gasteiger partial charge in [0.05, 0.1) is 10.6 Å². The number of imidazole rings is 1. The Labute approximate surface area is 104 Å². The van der Waals surface area contributed by atoms with Crippen molar-refractivity contribution >= 4 is 17.0 Å². The molecule has 0 amide bonds. The summed E-state index contributed by atoms with van der Waals surface area (Å²) >= 11 is 1.77. The summed E-state index contributed by atoms with van der Waals surface area (Å²) in [6.45, 7) is 2.66. The van der Waals surface area contributed by atoms with E-state index in [1.807, 2.05) is 22.7 Å². The number of rotatable bonds is 2. The zero-order valence-corrected chi connectivity index (χ0v) is 10.4. The molecule has 2 N–H and O–H groups in total. The molecule has 0 aliphatic rings. The molecule has 0 unspecified atom stereocenters. The summed E-state index contributed by atoms with van der Waals surface area (Å²) in [5.74, 6) is 0. The molecule has 3 aromatic heterocycles. The summed E-state index contributed by atoms with van der Waals surface area (Å²) < 4.78 is 2.03. The smallest absolute Gasteiger partial charge is 0.137 e. The Balaban J connectivity index is 2.13. The van der Waals surface area contributed by atoms with Crippen LogP contribution in [0.3, 0.4) is 0 Å². The number of hydrogen-bond donors (Lipinski definition) is 1. The molecule has 0 aliphatic carbocycles. The Kier molecular flexibility index (Phi) is 2.46. The van der Waals surface area contributed by atoms with E-state index in [1.54, 1.807) is 11.3 Å². The Morgan fingerprint density at radius 2 is 2.24 bits per heavy atom. The van der Waals surface area contributed by atoms with Gasteiger partial charge in [-0.05, 0) is 36.8 Å². The van der Waals surface area contributed by atoms with E-state index in [0.29, 0.717) is 6.54 Å². The maximum absolute atomic E-state index is 5.63. The zero-order chi connectivity index (χ0) is 11.8. The first-order valence-electron chi connectivity index (χ1n) is 5.51. The van der Waals surface area contributed by atoms with Gasteiger partial charge in [0.25, 0.3) is 0 Å². The number of aromatic nitrogens is 2. The van der Waals surface area contributed by atoms with Crippen LogP contribution in [0, 0.1) is 6.92 Å². The predicted octanol–water partition coefficient (Wildman–Crippen LogP) is 2.83. The molecule has 0 saturated heterocycles. The van der Waals surface area contributed by atoms with E-state index in [-0.39, 0.29) is 0 Å². The minimum atomic E-state index is 0.552. The highest BCUT2D eigenvalue weighted by atomic mass is 32.1. The van der Waals surface area contributed by atoms with E-state index in [2.05, 4.69) is 30.2 Å². The summed E-state index contributed by atoms with van der Waals surface area (Å²) in [7, 11) is 0. The molecular weight excluding hydrogens is 230 g/mol. The number of thiophene rings is 1. The molecule has 0 radical (unpaired) electrons. The van der Waals surface area contributed by atoms with Crippen LogP contribution < -0.4 is 5.73 Å². The number of nitrogens with zero attached hydrogens (tertiary/aromatic N) is 2.